The highest BCUT2D eigenvalue weighted by atomic mass is 16.3. The average molecular weight is 1340 g/mol. The Morgan fingerprint density at radius 3 is 1.24 bits per heavy atom. The van der Waals surface area contributed by atoms with Gasteiger partial charge in [0, 0.05) is 94.1 Å². The Kier molecular flexibility index (Phi) is 13.0. The largest absolute Gasteiger partial charge is 0.455 e. The van der Waals surface area contributed by atoms with Crippen LogP contribution in [0.2, 0.25) is 0 Å². The fourth-order valence-corrected chi connectivity index (χ4v) is 17.4. The molecule has 9 heteroatoms. The summed E-state index contributed by atoms with van der Waals surface area (Å²) in [4.78, 5) is 9.19. The maximum atomic E-state index is 10.4. The van der Waals surface area contributed by atoms with E-state index in [4.69, 9.17) is 15.4 Å². The van der Waals surface area contributed by atoms with Gasteiger partial charge in [0.05, 0.1) is 51.6 Å². The Balaban J connectivity index is 0.967. The predicted octanol–water partition coefficient (Wildman–Crippen LogP) is 24.2. The normalized spacial score (nSPS) is 12.6. The molecule has 0 amide bonds. The van der Waals surface area contributed by atoms with Crippen molar-refractivity contribution < 1.29 is 8.83 Å². The quantitative estimate of drug-likeness (QED) is 0.112. The number of para-hydroxylation sites is 4. The van der Waals surface area contributed by atoms with Crippen LogP contribution in [-0.2, 0) is 5.41 Å². The zero-order chi connectivity index (χ0) is 69.9. The smallest absolute Gasteiger partial charge is 0.252 e. The maximum Gasteiger partial charge on any atom is 0.252 e. The van der Waals surface area contributed by atoms with Gasteiger partial charge in [-0.1, -0.05) is 233 Å². The minimum atomic E-state index is -0.429. The summed E-state index contributed by atoms with van der Waals surface area (Å²) in [6.07, 6.45) is 0. The fraction of sp³-hybridized carbons (Fsp3) is 0.0417. The van der Waals surface area contributed by atoms with E-state index in [9.17, 15) is 5.26 Å². The number of hydrogen-bond acceptors (Lipinski definition) is 5. The lowest BCUT2D eigenvalue weighted by Crippen LogP contribution is -2.61. The minimum Gasteiger partial charge on any atom is -0.455 e. The number of anilines is 6. The molecule has 0 saturated carbocycles. The monoisotopic (exact) mass is 1340 g/mol. The summed E-state index contributed by atoms with van der Waals surface area (Å²) in [6.45, 7) is 14.9. The van der Waals surface area contributed by atoms with Crippen molar-refractivity contribution in [2.45, 2.75) is 26.2 Å². The number of hydrogen-bond donors (Lipinski definition) is 0. The maximum absolute atomic E-state index is 10.4. The number of aromatic nitrogens is 2. The summed E-state index contributed by atoms with van der Waals surface area (Å²) in [5.41, 5.74) is 28.7. The molecule has 15 aromatic carbocycles. The van der Waals surface area contributed by atoms with Crippen molar-refractivity contribution in [2.24, 2.45) is 0 Å². The van der Waals surface area contributed by atoms with Gasteiger partial charge in [-0.2, -0.15) is 5.26 Å². The molecular formula is C96H61BN6O2. The highest BCUT2D eigenvalue weighted by Gasteiger charge is 2.47. The van der Waals surface area contributed by atoms with Gasteiger partial charge in [0.1, 0.15) is 22.3 Å². The molecule has 4 aromatic heterocycles. The van der Waals surface area contributed by atoms with Crippen LogP contribution in [0.4, 0.5) is 39.8 Å². The fourth-order valence-electron chi connectivity index (χ4n) is 17.4. The van der Waals surface area contributed by atoms with E-state index in [-0.39, 0.29) is 6.71 Å². The number of furan rings is 2. The lowest BCUT2D eigenvalue weighted by Gasteiger charge is -2.46. The van der Waals surface area contributed by atoms with E-state index in [1.165, 1.54) is 0 Å². The summed E-state index contributed by atoms with van der Waals surface area (Å²) in [5.74, 6) is 0. The standard InChI is InChI=1S/C96H61BN6O2/c1-96(2,3)63-50-85-91-86(51-63)103(93-72(60-27-11-6-12-28-60)56-76-70-36-20-24-40-88(70)105-95(76)90(93)62-31-15-8-16-32-62)84-54-66(101-80-38-22-18-34-68(80)74-52-64(99-4)42-48-82(74)101)44-46-78(84)97(91)77-45-43-65(100-79-37-21-17-33-67(79)73-49-58(57-98)41-47-81(73)100)53-83(77)102(85)92-71(59-25-9-5-10-26-59)55-75-69-35-19-23-39-87(69)104-94(75)89(92)61-29-13-7-14-30-61/h5-56H,1-3H3. The van der Waals surface area contributed by atoms with Crippen molar-refractivity contribution >= 4 is 150 Å². The molecule has 0 aliphatic carbocycles. The highest BCUT2D eigenvalue weighted by molar-refractivity contribution is 7.00. The molecule has 0 spiro atoms. The van der Waals surface area contributed by atoms with Crippen LogP contribution in [0.15, 0.2) is 324 Å². The molecule has 6 heterocycles. The number of nitrogens with zero attached hydrogens (tertiary/aromatic N) is 6. The van der Waals surface area contributed by atoms with Crippen LogP contribution in [0.3, 0.4) is 0 Å². The molecule has 19 aromatic rings. The van der Waals surface area contributed by atoms with Crippen LogP contribution in [0.25, 0.3) is 148 Å². The number of fused-ring (bicyclic) bond motifs is 16. The predicted molar refractivity (Wildman–Crippen MR) is 435 cm³/mol. The van der Waals surface area contributed by atoms with Crippen LogP contribution < -0.4 is 26.2 Å². The van der Waals surface area contributed by atoms with Crippen LogP contribution in [0.1, 0.15) is 31.9 Å². The molecule has 0 bridgehead atoms. The van der Waals surface area contributed by atoms with Gasteiger partial charge in [-0.3, -0.25) is 0 Å². The number of benzene rings is 15. The van der Waals surface area contributed by atoms with Gasteiger partial charge in [-0.15, -0.1) is 0 Å². The molecule has 8 nitrogen and oxygen atoms in total. The second kappa shape index (κ2) is 22.8. The topological polar surface area (TPSA) is 70.8 Å². The Morgan fingerprint density at radius 2 is 0.781 bits per heavy atom. The third-order valence-electron chi connectivity index (χ3n) is 22.0. The van der Waals surface area contributed by atoms with E-state index in [1.54, 1.807) is 0 Å². The van der Waals surface area contributed by atoms with Gasteiger partial charge in [-0.25, -0.2) is 4.85 Å². The molecule has 0 saturated heterocycles. The van der Waals surface area contributed by atoms with Crippen molar-refractivity contribution in [1.82, 2.24) is 9.13 Å². The average Bonchev–Trinajstić information content (AvgIpc) is 1.14. The third-order valence-corrected chi connectivity index (χ3v) is 22.0. The Hall–Kier alpha value is -13.9. The highest BCUT2D eigenvalue weighted by Crippen LogP contribution is 2.58. The molecule has 0 radical (unpaired) electrons. The van der Waals surface area contributed by atoms with Gasteiger partial charge in [-0.05, 0) is 158 Å². The molecular weight excluding hydrogens is 1280 g/mol. The first-order chi connectivity index (χ1) is 51.6. The molecule has 0 unspecified atom stereocenters. The van der Waals surface area contributed by atoms with Gasteiger partial charge in [0.25, 0.3) is 6.71 Å². The van der Waals surface area contributed by atoms with Crippen LogP contribution in [0.5, 0.6) is 0 Å². The van der Waals surface area contributed by atoms with Gasteiger partial charge in [0.15, 0.2) is 5.69 Å². The summed E-state index contributed by atoms with van der Waals surface area (Å²) in [7, 11) is 0. The molecule has 0 atom stereocenters. The van der Waals surface area contributed by atoms with E-state index in [2.05, 4.69) is 342 Å². The molecule has 490 valence electrons. The molecule has 105 heavy (non-hydrogen) atoms. The van der Waals surface area contributed by atoms with Crippen molar-refractivity contribution in [3.8, 4) is 62.0 Å². The van der Waals surface area contributed by atoms with E-state index in [1.807, 2.05) is 24.3 Å². The number of nitriles is 1. The van der Waals surface area contributed by atoms with Crippen LogP contribution in [0, 0.1) is 17.9 Å². The summed E-state index contributed by atoms with van der Waals surface area (Å²) in [5, 5.41) is 18.7. The van der Waals surface area contributed by atoms with E-state index in [0.29, 0.717) is 11.3 Å². The van der Waals surface area contributed by atoms with E-state index in [0.717, 1.165) is 199 Å². The molecule has 21 rings (SSSR count). The Morgan fingerprint density at radius 1 is 0.371 bits per heavy atom. The lowest BCUT2D eigenvalue weighted by molar-refractivity contribution is 0.590. The second-order valence-corrected chi connectivity index (χ2v) is 28.8. The van der Waals surface area contributed by atoms with E-state index >= 15 is 0 Å². The van der Waals surface area contributed by atoms with Crippen LogP contribution >= 0.6 is 0 Å². The SMILES string of the molecule is [C-]#[N+]c1ccc2c(c1)c1ccccc1n2-c1ccc2c(c1)N(c1c(-c3ccccc3)cc3c(oc4ccccc43)c1-c1ccccc1)c1cc(C(C)(C)C)cc3c1B2c1ccc(-n2c4ccccc4c4cc(C#N)ccc42)cc1N3c1c(-c2ccccc2)cc2c(oc3ccccc32)c1-c1ccccc1. The zero-order valence-corrected chi connectivity index (χ0v) is 57.6. The molecule has 0 fully saturated rings. The molecule has 2 aliphatic rings. The van der Waals surface area contributed by atoms with Gasteiger partial charge in [0.2, 0.25) is 0 Å². The lowest BCUT2D eigenvalue weighted by atomic mass is 9.33. The van der Waals surface area contributed by atoms with Crippen molar-refractivity contribution in [3.63, 3.8) is 0 Å². The van der Waals surface area contributed by atoms with E-state index < -0.39 is 5.41 Å². The van der Waals surface area contributed by atoms with Crippen molar-refractivity contribution in [1.29, 1.82) is 5.26 Å². The van der Waals surface area contributed by atoms with Crippen molar-refractivity contribution in [3.05, 3.63) is 338 Å². The van der Waals surface area contributed by atoms with Crippen molar-refractivity contribution in [2.75, 3.05) is 9.80 Å². The Bertz CT molecular complexity index is 6580. The minimum absolute atomic E-state index is 0.370. The summed E-state index contributed by atoms with van der Waals surface area (Å²) in [6, 6.07) is 116. The van der Waals surface area contributed by atoms with Crippen LogP contribution in [-0.4, -0.2) is 15.8 Å². The molecule has 2 aliphatic heterocycles. The Labute approximate surface area is 605 Å². The summed E-state index contributed by atoms with van der Waals surface area (Å²) >= 11 is 0. The first-order valence-electron chi connectivity index (χ1n) is 35.8. The van der Waals surface area contributed by atoms with Gasteiger partial charge < -0.3 is 27.8 Å². The third kappa shape index (κ3) is 8.92. The zero-order valence-electron chi connectivity index (χ0n) is 57.6. The first kappa shape index (κ1) is 60.0. The number of rotatable bonds is 8. The van der Waals surface area contributed by atoms with Gasteiger partial charge >= 0.3 is 0 Å². The summed E-state index contributed by atoms with van der Waals surface area (Å²) < 4.78 is 19.6. The second-order valence-electron chi connectivity index (χ2n) is 28.8. The molecule has 0 N–H and O–H groups in total. The first-order valence-corrected chi connectivity index (χ1v) is 35.8.